The molecule has 6 aromatic rings. The fourth-order valence-electron chi connectivity index (χ4n) is 7.34. The summed E-state index contributed by atoms with van der Waals surface area (Å²) in [5, 5.41) is 6.60. The van der Waals surface area contributed by atoms with Crippen molar-refractivity contribution in [2.24, 2.45) is 5.10 Å². The van der Waals surface area contributed by atoms with E-state index in [-0.39, 0.29) is 50.5 Å². The summed E-state index contributed by atoms with van der Waals surface area (Å²) in [5.74, 6) is -3.04. The lowest BCUT2D eigenvalue weighted by molar-refractivity contribution is -0.138. The van der Waals surface area contributed by atoms with E-state index in [1.165, 1.54) is 13.1 Å². The first-order valence-electron chi connectivity index (χ1n) is 24.9. The van der Waals surface area contributed by atoms with Gasteiger partial charge in [0.15, 0.2) is 17.2 Å². The van der Waals surface area contributed by atoms with Gasteiger partial charge >= 0.3 is 35.8 Å². The van der Waals surface area contributed by atoms with Crippen molar-refractivity contribution in [2.75, 3.05) is 31.9 Å². The fourth-order valence-corrected chi connectivity index (χ4v) is 7.34. The summed E-state index contributed by atoms with van der Waals surface area (Å²) in [7, 11) is 0. The molecule has 0 saturated heterocycles. The van der Waals surface area contributed by atoms with Gasteiger partial charge in [0.2, 0.25) is 0 Å². The summed E-state index contributed by atoms with van der Waals surface area (Å²) in [5.41, 5.74) is 4.05. The first kappa shape index (κ1) is 57.0. The van der Waals surface area contributed by atoms with Gasteiger partial charge < -0.3 is 37.9 Å². The number of rotatable bonds is 29. The minimum Gasteiger partial charge on any atom is -0.494 e. The standard InChI is InChI=1S/C61H60N2O14/c1-7-53(64)72-35-17-11-9-15-33-70-47-28-22-42(23-29-47)60(68)75-55-50-19-13-14-20-51(50)56(77-61(69)43-24-30-48(31-25-43)71-34-16-10-12-18-36-73-54(65)8-2)57(76-59(67)41(5)6)52(55)39-62-63-46-27-21-45-38-49(32-26-44(45)37-46)74-58(66)40(3)4/h7-8,13-14,19-32,37-39,63H,1-3,5,9-12,15-18,33-36H2,4,6H3/b62-39+. The molecule has 0 saturated carbocycles. The average Bonchev–Trinajstić information content (AvgIpc) is 3.48. The Morgan fingerprint density at radius 3 is 1.47 bits per heavy atom. The molecule has 0 fully saturated rings. The van der Waals surface area contributed by atoms with Crippen molar-refractivity contribution >= 4 is 69.3 Å². The van der Waals surface area contributed by atoms with Gasteiger partial charge in [0.25, 0.3) is 0 Å². The second-order valence-electron chi connectivity index (χ2n) is 17.5. The zero-order valence-electron chi connectivity index (χ0n) is 43.1. The Morgan fingerprint density at radius 2 is 0.948 bits per heavy atom. The first-order chi connectivity index (χ1) is 37.2. The summed E-state index contributed by atoms with van der Waals surface area (Å²) in [6.45, 7) is 18.7. The normalized spacial score (nSPS) is 10.8. The lowest BCUT2D eigenvalue weighted by Crippen LogP contribution is -2.16. The number of anilines is 1. The van der Waals surface area contributed by atoms with Crippen LogP contribution in [0.4, 0.5) is 5.69 Å². The van der Waals surface area contributed by atoms with Gasteiger partial charge in [-0.25, -0.2) is 28.8 Å². The molecule has 0 aliphatic heterocycles. The maximum absolute atomic E-state index is 14.2. The smallest absolute Gasteiger partial charge is 0.343 e. The number of nitrogens with zero attached hydrogens (tertiary/aromatic N) is 1. The maximum Gasteiger partial charge on any atom is 0.343 e. The van der Waals surface area contributed by atoms with E-state index in [9.17, 15) is 28.8 Å². The maximum atomic E-state index is 14.2. The highest BCUT2D eigenvalue weighted by Crippen LogP contribution is 2.46. The Kier molecular flexibility index (Phi) is 21.4. The molecule has 398 valence electrons. The highest BCUT2D eigenvalue weighted by molar-refractivity contribution is 6.09. The van der Waals surface area contributed by atoms with Crippen molar-refractivity contribution in [3.05, 3.63) is 175 Å². The Balaban J connectivity index is 1.28. The summed E-state index contributed by atoms with van der Waals surface area (Å²) >= 11 is 0. The molecule has 6 rings (SSSR count). The largest absolute Gasteiger partial charge is 0.494 e. The van der Waals surface area contributed by atoms with Gasteiger partial charge in [0.05, 0.1) is 55.0 Å². The van der Waals surface area contributed by atoms with Gasteiger partial charge in [0, 0.05) is 34.1 Å². The summed E-state index contributed by atoms with van der Waals surface area (Å²) in [4.78, 5) is 76.4. The van der Waals surface area contributed by atoms with Gasteiger partial charge in [-0.15, -0.1) is 0 Å². The molecule has 0 radical (unpaired) electrons. The number of hydrogen-bond acceptors (Lipinski definition) is 16. The van der Waals surface area contributed by atoms with Crippen LogP contribution in [-0.4, -0.2) is 68.5 Å². The second-order valence-corrected chi connectivity index (χ2v) is 17.5. The third-order valence-electron chi connectivity index (χ3n) is 11.4. The van der Waals surface area contributed by atoms with Crippen LogP contribution in [0.3, 0.4) is 0 Å². The monoisotopic (exact) mass is 1040 g/mol. The number of unbranched alkanes of at least 4 members (excludes halogenated alkanes) is 6. The molecule has 0 heterocycles. The topological polar surface area (TPSA) is 201 Å². The molecule has 0 spiro atoms. The van der Waals surface area contributed by atoms with Crippen LogP contribution >= 0.6 is 0 Å². The molecule has 16 heteroatoms. The minimum absolute atomic E-state index is 0.0159. The van der Waals surface area contributed by atoms with E-state index in [1.807, 2.05) is 0 Å². The van der Waals surface area contributed by atoms with E-state index >= 15 is 0 Å². The van der Waals surface area contributed by atoms with Crippen LogP contribution in [0.5, 0.6) is 34.5 Å². The third kappa shape index (κ3) is 17.1. The average molecular weight is 1050 g/mol. The van der Waals surface area contributed by atoms with Gasteiger partial charge in [-0.05, 0) is 149 Å². The zero-order chi connectivity index (χ0) is 55.1. The molecule has 16 nitrogen and oxygen atoms in total. The number of fused-ring (bicyclic) bond motifs is 2. The van der Waals surface area contributed by atoms with Gasteiger partial charge in [-0.2, -0.15) is 5.10 Å². The molecule has 0 aromatic heterocycles. The Morgan fingerprint density at radius 1 is 0.494 bits per heavy atom. The number of ether oxygens (including phenoxy) is 8. The van der Waals surface area contributed by atoms with E-state index in [4.69, 9.17) is 37.9 Å². The number of hydrazone groups is 1. The third-order valence-corrected chi connectivity index (χ3v) is 11.4. The fraction of sp³-hybridized carbons (Fsp3) is 0.230. The Labute approximate surface area is 446 Å². The van der Waals surface area contributed by atoms with Crippen molar-refractivity contribution in [3.63, 3.8) is 0 Å². The van der Waals surface area contributed by atoms with Crippen molar-refractivity contribution in [2.45, 2.75) is 65.2 Å². The number of carbonyl (C=O) groups is 6. The molecule has 0 bridgehead atoms. The number of benzene rings is 6. The van der Waals surface area contributed by atoms with Crippen LogP contribution in [0.15, 0.2) is 164 Å². The number of nitrogens with one attached hydrogen (secondary N) is 1. The van der Waals surface area contributed by atoms with Crippen LogP contribution in [0, 0.1) is 0 Å². The molecule has 0 amide bonds. The number of hydrogen-bond donors (Lipinski definition) is 1. The van der Waals surface area contributed by atoms with Crippen molar-refractivity contribution < 1.29 is 66.7 Å². The van der Waals surface area contributed by atoms with Gasteiger partial charge in [0.1, 0.15) is 17.2 Å². The van der Waals surface area contributed by atoms with Gasteiger partial charge in [-0.3, -0.25) is 5.43 Å². The Hall–Kier alpha value is -9.31. The van der Waals surface area contributed by atoms with Crippen LogP contribution in [0.1, 0.15) is 91.5 Å². The molecule has 0 unspecified atom stereocenters. The summed E-state index contributed by atoms with van der Waals surface area (Å²) < 4.78 is 45.6. The summed E-state index contributed by atoms with van der Waals surface area (Å²) in [6, 6.07) is 29.9. The van der Waals surface area contributed by atoms with Crippen molar-refractivity contribution in [3.8, 4) is 34.5 Å². The highest BCUT2D eigenvalue weighted by Gasteiger charge is 2.28. The Bertz CT molecular complexity index is 3180. The zero-order valence-corrected chi connectivity index (χ0v) is 43.1. The predicted octanol–water partition coefficient (Wildman–Crippen LogP) is 12.2. The lowest BCUT2D eigenvalue weighted by Gasteiger charge is -2.19. The molecule has 0 atom stereocenters. The SMILES string of the molecule is C=CC(=O)OCCCCCCOc1ccc(C(=O)Oc2c(/C=N/Nc3ccc4cc(OC(=O)C(=C)C)ccc4c3)c(OC(=O)C(=C)C)c(OC(=O)c3ccc(OCCCCCCOC(=O)C=C)cc3)c3ccccc23)cc1. The van der Waals surface area contributed by atoms with Crippen molar-refractivity contribution in [1.82, 2.24) is 0 Å². The van der Waals surface area contributed by atoms with Crippen LogP contribution in [-0.2, 0) is 28.7 Å². The summed E-state index contributed by atoms with van der Waals surface area (Å²) in [6.07, 6.45) is 9.92. The molecule has 77 heavy (non-hydrogen) atoms. The molecule has 0 aliphatic carbocycles. The van der Waals surface area contributed by atoms with Gasteiger partial charge in [-0.1, -0.05) is 62.7 Å². The second kappa shape index (κ2) is 29.0. The van der Waals surface area contributed by atoms with Crippen LogP contribution < -0.4 is 33.8 Å². The highest BCUT2D eigenvalue weighted by atomic mass is 16.6. The minimum atomic E-state index is -0.873. The molecule has 0 aliphatic rings. The van der Waals surface area contributed by atoms with E-state index in [1.54, 1.807) is 116 Å². The number of esters is 6. The van der Waals surface area contributed by atoms with E-state index in [0.717, 1.165) is 74.3 Å². The predicted molar refractivity (Wildman–Crippen MR) is 293 cm³/mol. The molecular formula is C61H60N2O14. The molecule has 1 N–H and O–H groups in total. The number of carbonyl (C=O) groups excluding carboxylic acids is 6. The molecular weight excluding hydrogens is 985 g/mol. The van der Waals surface area contributed by atoms with E-state index in [2.05, 4.69) is 36.8 Å². The van der Waals surface area contributed by atoms with Crippen molar-refractivity contribution in [1.29, 1.82) is 0 Å². The van der Waals surface area contributed by atoms with Crippen LogP contribution in [0.25, 0.3) is 21.5 Å². The first-order valence-corrected chi connectivity index (χ1v) is 24.9. The molecule has 6 aromatic carbocycles. The van der Waals surface area contributed by atoms with Crippen LogP contribution in [0.2, 0.25) is 0 Å². The lowest BCUT2D eigenvalue weighted by atomic mass is 10.0. The van der Waals surface area contributed by atoms with E-state index in [0.29, 0.717) is 54.7 Å². The van der Waals surface area contributed by atoms with E-state index < -0.39 is 35.8 Å². The quantitative estimate of drug-likeness (QED) is 0.0116.